The minimum Gasteiger partial charge on any atom is -1.00 e. The second kappa shape index (κ2) is 9.56. The van der Waals surface area contributed by atoms with Crippen molar-refractivity contribution >= 4 is 5.69 Å². The predicted octanol–water partition coefficient (Wildman–Crippen LogP) is 3.03. The molecule has 26 heavy (non-hydrogen) atoms. The van der Waals surface area contributed by atoms with Crippen LogP contribution in [0.5, 0.6) is 11.5 Å². The minimum atomic E-state index is 0. The summed E-state index contributed by atoms with van der Waals surface area (Å²) in [5, 5.41) is 0. The highest BCUT2D eigenvalue weighted by Crippen LogP contribution is 2.28. The quantitative estimate of drug-likeness (QED) is 0.542. The lowest BCUT2D eigenvalue weighted by atomic mass is 10.1. The highest BCUT2D eigenvalue weighted by Gasteiger charge is 2.26. The van der Waals surface area contributed by atoms with Crippen molar-refractivity contribution in [3.05, 3.63) is 90.5 Å². The molecule has 0 fully saturated rings. The molecule has 0 amide bonds. The molecule has 0 radical (unpaired) electrons. The van der Waals surface area contributed by atoms with E-state index in [2.05, 4.69) is 62.4 Å². The maximum Gasteiger partial charge on any atom is 0.133 e. The van der Waals surface area contributed by atoms with Gasteiger partial charge in [0.1, 0.15) is 23.7 Å². The van der Waals surface area contributed by atoms with Crippen molar-refractivity contribution in [1.82, 2.24) is 4.48 Å². The summed E-state index contributed by atoms with van der Waals surface area (Å²) in [5.41, 5.74) is 2.66. The first-order valence-corrected chi connectivity index (χ1v) is 8.99. The van der Waals surface area contributed by atoms with E-state index < -0.39 is 0 Å². The van der Waals surface area contributed by atoms with Crippen LogP contribution in [0.1, 0.15) is 19.4 Å². The van der Waals surface area contributed by atoms with E-state index in [-0.39, 0.29) is 17.0 Å². The van der Waals surface area contributed by atoms with Crippen LogP contribution in [0.2, 0.25) is 0 Å². The van der Waals surface area contributed by atoms with Crippen LogP contribution >= 0.6 is 0 Å². The molecule has 0 N–H and O–H groups in total. The van der Waals surface area contributed by atoms with Crippen LogP contribution in [0.25, 0.3) is 0 Å². The van der Waals surface area contributed by atoms with Gasteiger partial charge in [-0.2, -0.15) is 0 Å². The fraction of sp³-hybridized carbons (Fsp3) is 0.217. The molecule has 0 atom stereocenters. The number of nitrogens with zero attached hydrogens (tertiary/aromatic N) is 1. The second-order valence-electron chi connectivity index (χ2n) is 6.33. The molecule has 3 heteroatoms. The first-order chi connectivity index (χ1) is 12.3. The third-order valence-corrected chi connectivity index (χ3v) is 4.88. The zero-order valence-electron chi connectivity index (χ0n) is 15.4. The molecule has 0 saturated carbocycles. The molecule has 0 aliphatic carbocycles. The third-order valence-electron chi connectivity index (χ3n) is 4.88. The molecule has 0 bridgehead atoms. The molecule has 0 aliphatic heterocycles. The number of rotatable bonds is 7. The van der Waals surface area contributed by atoms with Crippen LogP contribution in [0.4, 0.5) is 5.69 Å². The lowest BCUT2D eigenvalue weighted by molar-refractivity contribution is -0.00000568. The van der Waals surface area contributed by atoms with Gasteiger partial charge in [-0.3, -0.25) is 4.48 Å². The molecule has 0 unspecified atom stereocenters. The van der Waals surface area contributed by atoms with Crippen molar-refractivity contribution in [1.29, 1.82) is 0 Å². The van der Waals surface area contributed by atoms with Crippen molar-refractivity contribution in [3.8, 4) is 11.5 Å². The summed E-state index contributed by atoms with van der Waals surface area (Å²) in [7, 11) is 0. The summed E-state index contributed by atoms with van der Waals surface area (Å²) in [6, 6.07) is 29.2. The normalized spacial score (nSPS) is 10.8. The Kier molecular flexibility index (Phi) is 7.43. The number of hydrogen-bond donors (Lipinski definition) is 0. The maximum atomic E-state index is 6.00. The fourth-order valence-corrected chi connectivity index (χ4v) is 3.33. The van der Waals surface area contributed by atoms with E-state index in [9.17, 15) is 0 Å². The van der Waals surface area contributed by atoms with Gasteiger partial charge >= 0.3 is 0 Å². The van der Waals surface area contributed by atoms with Gasteiger partial charge in [0.2, 0.25) is 0 Å². The maximum absolute atomic E-state index is 6.00. The Bertz CT molecular complexity index is 786. The number of ether oxygens (including phenoxy) is 1. The van der Waals surface area contributed by atoms with Gasteiger partial charge in [-0.15, -0.1) is 0 Å². The first-order valence-electron chi connectivity index (χ1n) is 8.99. The van der Waals surface area contributed by atoms with Crippen molar-refractivity contribution in [2.24, 2.45) is 0 Å². The van der Waals surface area contributed by atoms with Gasteiger partial charge in [0.25, 0.3) is 0 Å². The topological polar surface area (TPSA) is 9.23 Å². The van der Waals surface area contributed by atoms with E-state index in [4.69, 9.17) is 4.74 Å². The van der Waals surface area contributed by atoms with Crippen LogP contribution in [0.15, 0.2) is 84.9 Å². The Hall–Kier alpha value is -2.10. The Balaban J connectivity index is 0.00000243. The largest absolute Gasteiger partial charge is 1.00 e. The lowest BCUT2D eigenvalue weighted by Crippen LogP contribution is -3.00. The second-order valence-corrected chi connectivity index (χ2v) is 6.33. The molecule has 3 rings (SSSR count). The average Bonchev–Trinajstić information content (AvgIpc) is 2.68. The Morgan fingerprint density at radius 2 is 1.27 bits per heavy atom. The summed E-state index contributed by atoms with van der Waals surface area (Å²) in [5.74, 6) is 1.76. The highest BCUT2D eigenvalue weighted by atomic mass is 79.9. The summed E-state index contributed by atoms with van der Waals surface area (Å²) >= 11 is 0. The molecular formula is C23H26BrNO. The van der Waals surface area contributed by atoms with E-state index in [0.717, 1.165) is 35.6 Å². The average molecular weight is 412 g/mol. The number of halogens is 1. The molecule has 0 heterocycles. The van der Waals surface area contributed by atoms with Crippen LogP contribution in [-0.4, -0.2) is 13.1 Å². The zero-order valence-corrected chi connectivity index (χ0v) is 17.0. The van der Waals surface area contributed by atoms with E-state index in [1.54, 1.807) is 0 Å². The van der Waals surface area contributed by atoms with E-state index in [1.807, 2.05) is 36.4 Å². The van der Waals surface area contributed by atoms with Crippen LogP contribution in [0, 0.1) is 0 Å². The van der Waals surface area contributed by atoms with Crippen molar-refractivity contribution in [2.75, 3.05) is 13.1 Å². The number of hydrogen-bond acceptors (Lipinski definition) is 1. The van der Waals surface area contributed by atoms with E-state index in [1.165, 1.54) is 11.3 Å². The van der Waals surface area contributed by atoms with E-state index in [0.29, 0.717) is 0 Å². The summed E-state index contributed by atoms with van der Waals surface area (Å²) < 4.78 is 6.94. The standard InChI is InChI=1S/C23H26NO.BrH/c1-3-24(4-2,21-13-7-5-8-14-21)19-20-12-11-17-23(18-20)25-22-15-9-6-10-16-22;/h5-18H,3-4,19H2,1-2H3;1H/q+1;/p-1. The van der Waals surface area contributed by atoms with Crippen molar-refractivity contribution in [2.45, 2.75) is 20.4 Å². The Morgan fingerprint density at radius 1 is 0.692 bits per heavy atom. The van der Waals surface area contributed by atoms with Gasteiger partial charge in [-0.05, 0) is 50.2 Å². The molecule has 0 saturated heterocycles. The summed E-state index contributed by atoms with van der Waals surface area (Å²) in [6.07, 6.45) is 0. The number of benzene rings is 3. The third kappa shape index (κ3) is 4.75. The SMILES string of the molecule is CC[N+](CC)(Cc1cccc(Oc2ccccc2)c1)c1ccccc1.[Br-]. The zero-order chi connectivity index (χ0) is 17.5. The van der Waals surface area contributed by atoms with Gasteiger partial charge in [-0.1, -0.05) is 48.5 Å². The molecule has 2 nitrogen and oxygen atoms in total. The van der Waals surface area contributed by atoms with Crippen molar-refractivity contribution in [3.63, 3.8) is 0 Å². The minimum absolute atomic E-state index is 0. The van der Waals surface area contributed by atoms with Gasteiger partial charge in [-0.25, -0.2) is 0 Å². The molecular weight excluding hydrogens is 386 g/mol. The Morgan fingerprint density at radius 3 is 1.88 bits per heavy atom. The van der Waals surface area contributed by atoms with E-state index >= 15 is 0 Å². The van der Waals surface area contributed by atoms with Gasteiger partial charge in [0.05, 0.1) is 13.1 Å². The Labute approximate surface area is 167 Å². The van der Waals surface area contributed by atoms with Gasteiger partial charge in [0.15, 0.2) is 0 Å². The summed E-state index contributed by atoms with van der Waals surface area (Å²) in [4.78, 5) is 0. The predicted molar refractivity (Wildman–Crippen MR) is 106 cm³/mol. The summed E-state index contributed by atoms with van der Waals surface area (Å²) in [6.45, 7) is 7.61. The smallest absolute Gasteiger partial charge is 0.133 e. The van der Waals surface area contributed by atoms with Gasteiger partial charge < -0.3 is 21.7 Å². The van der Waals surface area contributed by atoms with Gasteiger partial charge in [0, 0.05) is 5.56 Å². The number of quaternary nitrogens is 1. The molecule has 0 spiro atoms. The highest BCUT2D eigenvalue weighted by molar-refractivity contribution is 5.44. The first kappa shape index (κ1) is 20.2. The molecule has 0 aliphatic rings. The molecule has 3 aromatic carbocycles. The fourth-order valence-electron chi connectivity index (χ4n) is 3.33. The lowest BCUT2D eigenvalue weighted by Gasteiger charge is -2.36. The monoisotopic (exact) mass is 411 g/mol. The van der Waals surface area contributed by atoms with Crippen LogP contribution in [-0.2, 0) is 6.54 Å². The van der Waals surface area contributed by atoms with Crippen LogP contribution < -0.4 is 26.2 Å². The molecule has 136 valence electrons. The number of para-hydroxylation sites is 2. The van der Waals surface area contributed by atoms with Crippen LogP contribution in [0.3, 0.4) is 0 Å². The molecule has 3 aromatic rings. The van der Waals surface area contributed by atoms with Crippen molar-refractivity contribution < 1.29 is 21.7 Å². The molecule has 0 aromatic heterocycles.